The van der Waals surface area contributed by atoms with Gasteiger partial charge in [-0.25, -0.2) is 4.79 Å². The van der Waals surface area contributed by atoms with Crippen LogP contribution in [-0.4, -0.2) is 32.5 Å². The predicted octanol–water partition coefficient (Wildman–Crippen LogP) is 1.55. The van der Waals surface area contributed by atoms with Crippen LogP contribution in [0.4, 0.5) is 4.79 Å². The van der Waals surface area contributed by atoms with Gasteiger partial charge in [0.2, 0.25) is 5.89 Å². The number of imide groups is 1. The van der Waals surface area contributed by atoms with Crippen molar-refractivity contribution in [1.29, 1.82) is 0 Å². The van der Waals surface area contributed by atoms with Crippen LogP contribution in [0, 0.1) is 0 Å². The number of carbonyl (C=O) groups is 2. The third kappa shape index (κ3) is 2.40. The van der Waals surface area contributed by atoms with Gasteiger partial charge in [0.05, 0.1) is 5.54 Å². The highest BCUT2D eigenvalue weighted by Gasteiger charge is 2.51. The van der Waals surface area contributed by atoms with Crippen LogP contribution in [0.2, 0.25) is 0 Å². The second-order valence-corrected chi connectivity index (χ2v) is 7.34. The van der Waals surface area contributed by atoms with Gasteiger partial charge < -0.3 is 15.6 Å². The van der Waals surface area contributed by atoms with E-state index in [0.717, 1.165) is 44.9 Å². The van der Waals surface area contributed by atoms with Gasteiger partial charge in [0, 0.05) is 0 Å². The molecule has 8 nitrogen and oxygen atoms in total. The number of urea groups is 1. The Hall–Kier alpha value is -1.96. The first kappa shape index (κ1) is 15.6. The normalized spacial score (nSPS) is 25.5. The Balaban J connectivity index is 1.50. The van der Waals surface area contributed by atoms with E-state index >= 15 is 0 Å². The number of hydrogen-bond acceptors (Lipinski definition) is 6. The molecule has 0 bridgehead atoms. The van der Waals surface area contributed by atoms with E-state index in [2.05, 4.69) is 15.5 Å². The summed E-state index contributed by atoms with van der Waals surface area (Å²) in [6, 6.07) is -0.370. The molecule has 2 aliphatic carbocycles. The van der Waals surface area contributed by atoms with Gasteiger partial charge in [-0.2, -0.15) is 4.98 Å². The fourth-order valence-corrected chi connectivity index (χ4v) is 4.20. The zero-order valence-electron chi connectivity index (χ0n) is 13.7. The summed E-state index contributed by atoms with van der Waals surface area (Å²) in [7, 11) is 0. The molecular formula is C16H23N5O3. The molecule has 0 radical (unpaired) electrons. The Labute approximate surface area is 140 Å². The SMILES string of the molecule is NC1(c2noc(CN3C(=O)NC4(CCCCC4)C3=O)n2)CCCC1. The third-order valence-corrected chi connectivity index (χ3v) is 5.66. The first-order valence-electron chi connectivity index (χ1n) is 8.79. The molecule has 1 aliphatic heterocycles. The maximum atomic E-state index is 12.8. The zero-order chi connectivity index (χ0) is 16.8. The Kier molecular flexibility index (Phi) is 3.59. The molecule has 1 aromatic rings. The maximum absolute atomic E-state index is 12.8. The lowest BCUT2D eigenvalue weighted by molar-refractivity contribution is -0.133. The first-order valence-corrected chi connectivity index (χ1v) is 8.79. The molecule has 0 atom stereocenters. The molecule has 0 unspecified atom stereocenters. The van der Waals surface area contributed by atoms with E-state index in [1.807, 2.05) is 0 Å². The van der Waals surface area contributed by atoms with Crippen LogP contribution in [0.5, 0.6) is 0 Å². The van der Waals surface area contributed by atoms with Crippen molar-refractivity contribution in [3.63, 3.8) is 0 Å². The largest absolute Gasteiger partial charge is 0.337 e. The summed E-state index contributed by atoms with van der Waals surface area (Å²) in [5.41, 5.74) is 5.06. The summed E-state index contributed by atoms with van der Waals surface area (Å²) in [4.78, 5) is 30.6. The highest BCUT2D eigenvalue weighted by molar-refractivity contribution is 6.06. The number of amides is 3. The quantitative estimate of drug-likeness (QED) is 0.811. The summed E-state index contributed by atoms with van der Waals surface area (Å²) in [5, 5.41) is 6.87. The molecule has 0 aromatic carbocycles. The molecule has 2 saturated carbocycles. The van der Waals surface area contributed by atoms with Crippen LogP contribution in [0.3, 0.4) is 0 Å². The summed E-state index contributed by atoms with van der Waals surface area (Å²) >= 11 is 0. The highest BCUT2D eigenvalue weighted by atomic mass is 16.5. The van der Waals surface area contributed by atoms with Crippen LogP contribution in [0.15, 0.2) is 4.52 Å². The summed E-state index contributed by atoms with van der Waals surface area (Å²) in [6.07, 6.45) is 8.20. The Morgan fingerprint density at radius 2 is 1.75 bits per heavy atom. The lowest BCUT2D eigenvalue weighted by Crippen LogP contribution is -2.48. The number of aromatic nitrogens is 2. The minimum absolute atomic E-state index is 0.00942. The number of nitrogens with one attached hydrogen (secondary N) is 1. The van der Waals surface area contributed by atoms with Gasteiger partial charge in [0.1, 0.15) is 12.1 Å². The van der Waals surface area contributed by atoms with Crippen molar-refractivity contribution in [3.05, 3.63) is 11.7 Å². The minimum atomic E-state index is -0.723. The van der Waals surface area contributed by atoms with Crippen molar-refractivity contribution >= 4 is 11.9 Å². The number of nitrogens with zero attached hydrogens (tertiary/aromatic N) is 3. The third-order valence-electron chi connectivity index (χ3n) is 5.66. The molecule has 8 heteroatoms. The van der Waals surface area contributed by atoms with Crippen molar-refractivity contribution in [2.75, 3.05) is 0 Å². The van der Waals surface area contributed by atoms with Gasteiger partial charge >= 0.3 is 6.03 Å². The molecule has 3 amide bonds. The lowest BCUT2D eigenvalue weighted by atomic mass is 9.82. The van der Waals surface area contributed by atoms with Crippen LogP contribution < -0.4 is 11.1 Å². The molecule has 2 heterocycles. The predicted molar refractivity (Wildman–Crippen MR) is 83.5 cm³/mol. The van der Waals surface area contributed by atoms with Gasteiger partial charge in [-0.05, 0) is 25.7 Å². The Morgan fingerprint density at radius 3 is 2.46 bits per heavy atom. The molecular weight excluding hydrogens is 310 g/mol. The van der Waals surface area contributed by atoms with Gasteiger partial charge in [-0.3, -0.25) is 9.69 Å². The standard InChI is InChI=1S/C16H23N5O3/c17-15(6-4-5-7-15)12-18-11(24-20-12)10-21-13(22)16(19-14(21)23)8-2-1-3-9-16/h1-10,17H2,(H,19,23). The number of nitrogens with two attached hydrogens (primary N) is 1. The summed E-state index contributed by atoms with van der Waals surface area (Å²) < 4.78 is 5.26. The van der Waals surface area contributed by atoms with Gasteiger partial charge in [-0.15, -0.1) is 0 Å². The van der Waals surface area contributed by atoms with E-state index in [-0.39, 0.29) is 24.4 Å². The molecule has 3 fully saturated rings. The lowest BCUT2D eigenvalue weighted by Gasteiger charge is -2.30. The van der Waals surface area contributed by atoms with Crippen LogP contribution in [0.1, 0.15) is 69.5 Å². The number of carbonyl (C=O) groups excluding carboxylic acids is 2. The number of rotatable bonds is 3. The highest BCUT2D eigenvalue weighted by Crippen LogP contribution is 2.36. The molecule has 3 aliphatic rings. The average molecular weight is 333 g/mol. The van der Waals surface area contributed by atoms with Crippen molar-refractivity contribution < 1.29 is 14.1 Å². The molecule has 24 heavy (non-hydrogen) atoms. The smallest absolute Gasteiger partial charge is 0.325 e. The second kappa shape index (κ2) is 5.54. The summed E-state index contributed by atoms with van der Waals surface area (Å²) in [5.74, 6) is 0.572. The van der Waals surface area contributed by atoms with Crippen LogP contribution in [0.25, 0.3) is 0 Å². The Morgan fingerprint density at radius 1 is 1.08 bits per heavy atom. The van der Waals surface area contributed by atoms with E-state index in [1.165, 1.54) is 4.90 Å². The van der Waals surface area contributed by atoms with Crippen molar-refractivity contribution in [3.8, 4) is 0 Å². The average Bonchev–Trinajstić information content (AvgIpc) is 3.26. The molecule has 1 spiro atoms. The van der Waals surface area contributed by atoms with E-state index < -0.39 is 11.1 Å². The van der Waals surface area contributed by atoms with Gasteiger partial charge in [-0.1, -0.05) is 37.3 Å². The number of hydrogen-bond donors (Lipinski definition) is 2. The molecule has 4 rings (SSSR count). The topological polar surface area (TPSA) is 114 Å². The zero-order valence-corrected chi connectivity index (χ0v) is 13.7. The van der Waals surface area contributed by atoms with Crippen molar-refractivity contribution in [2.45, 2.75) is 75.4 Å². The minimum Gasteiger partial charge on any atom is -0.337 e. The van der Waals surface area contributed by atoms with E-state index in [9.17, 15) is 9.59 Å². The monoisotopic (exact) mass is 333 g/mol. The molecule has 1 aromatic heterocycles. The van der Waals surface area contributed by atoms with Crippen molar-refractivity contribution in [1.82, 2.24) is 20.4 Å². The maximum Gasteiger partial charge on any atom is 0.325 e. The van der Waals surface area contributed by atoms with E-state index in [1.54, 1.807) is 0 Å². The Bertz CT molecular complexity index is 658. The summed E-state index contributed by atoms with van der Waals surface area (Å²) in [6.45, 7) is 0.00942. The van der Waals surface area contributed by atoms with E-state index in [0.29, 0.717) is 18.7 Å². The fraction of sp³-hybridized carbons (Fsp3) is 0.750. The van der Waals surface area contributed by atoms with Crippen molar-refractivity contribution in [2.24, 2.45) is 5.73 Å². The molecule has 130 valence electrons. The van der Waals surface area contributed by atoms with Crippen LogP contribution >= 0.6 is 0 Å². The van der Waals surface area contributed by atoms with Gasteiger partial charge in [0.15, 0.2) is 5.82 Å². The second-order valence-electron chi connectivity index (χ2n) is 7.34. The van der Waals surface area contributed by atoms with E-state index in [4.69, 9.17) is 10.3 Å². The first-order chi connectivity index (χ1) is 11.5. The molecule has 1 saturated heterocycles. The van der Waals surface area contributed by atoms with Gasteiger partial charge in [0.25, 0.3) is 5.91 Å². The van der Waals surface area contributed by atoms with Crippen LogP contribution in [-0.2, 0) is 16.9 Å². The fourth-order valence-electron chi connectivity index (χ4n) is 4.20. The molecule has 3 N–H and O–H groups in total.